The number of nitriles is 1. The van der Waals surface area contributed by atoms with Gasteiger partial charge in [-0.05, 0) is 36.4 Å². The summed E-state index contributed by atoms with van der Waals surface area (Å²) in [5.41, 5.74) is 0.976. The highest BCUT2D eigenvalue weighted by Gasteiger charge is 2.07. The molecule has 1 N–H and O–H groups in total. The Morgan fingerprint density at radius 3 is 2.67 bits per heavy atom. The molecule has 2 rings (SSSR count). The molecule has 0 aliphatic rings. The number of nitrogens with zero attached hydrogens (tertiary/aromatic N) is 2. The number of benzene rings is 1. The minimum Gasteiger partial charge on any atom is -0.322 e. The largest absolute Gasteiger partial charge is 0.322 e. The summed E-state index contributed by atoms with van der Waals surface area (Å²) in [6.45, 7) is 0. The third kappa shape index (κ3) is 2.68. The van der Waals surface area contributed by atoms with E-state index in [-0.39, 0.29) is 17.4 Å². The molecule has 0 aliphatic carbocycles. The van der Waals surface area contributed by atoms with Gasteiger partial charge in [0.05, 0.1) is 0 Å². The average Bonchev–Trinajstić information content (AvgIpc) is 2.41. The topological polar surface area (TPSA) is 65.8 Å². The molecule has 5 heteroatoms. The summed E-state index contributed by atoms with van der Waals surface area (Å²) >= 11 is 0. The lowest BCUT2D eigenvalue weighted by Crippen LogP contribution is -2.12. The van der Waals surface area contributed by atoms with Crippen molar-refractivity contribution >= 4 is 11.6 Å². The molecule has 0 bridgehead atoms. The van der Waals surface area contributed by atoms with Crippen LogP contribution in [0.4, 0.5) is 10.1 Å². The Balaban J connectivity index is 2.17. The predicted octanol–water partition coefficient (Wildman–Crippen LogP) is 2.34. The molecule has 2 aromatic rings. The lowest BCUT2D eigenvalue weighted by molar-refractivity contribution is 0.102. The number of anilines is 1. The Labute approximate surface area is 103 Å². The standard InChI is InChI=1S/C13H8FN3O/c14-10-1-3-11(4-2-10)17-13(18)9-5-6-16-12(7-9)8-15/h1-7H,(H,17,18). The van der Waals surface area contributed by atoms with Crippen LogP contribution in [0.1, 0.15) is 16.1 Å². The molecule has 0 saturated heterocycles. The summed E-state index contributed by atoms with van der Waals surface area (Å²) < 4.78 is 12.7. The third-order valence-corrected chi connectivity index (χ3v) is 2.24. The van der Waals surface area contributed by atoms with Crippen molar-refractivity contribution in [2.45, 2.75) is 0 Å². The number of nitrogens with one attached hydrogen (secondary N) is 1. The van der Waals surface area contributed by atoms with Crippen LogP contribution < -0.4 is 5.32 Å². The molecular weight excluding hydrogens is 233 g/mol. The Morgan fingerprint density at radius 2 is 2.00 bits per heavy atom. The van der Waals surface area contributed by atoms with Gasteiger partial charge < -0.3 is 5.32 Å². The van der Waals surface area contributed by atoms with E-state index >= 15 is 0 Å². The minimum atomic E-state index is -0.375. The second-order valence-corrected chi connectivity index (χ2v) is 3.50. The van der Waals surface area contributed by atoms with Gasteiger partial charge in [0.25, 0.3) is 5.91 Å². The normalized spacial score (nSPS) is 9.56. The van der Waals surface area contributed by atoms with Crippen molar-refractivity contribution in [2.75, 3.05) is 5.32 Å². The number of hydrogen-bond acceptors (Lipinski definition) is 3. The number of carbonyl (C=O) groups excluding carboxylic acids is 1. The molecule has 0 atom stereocenters. The van der Waals surface area contributed by atoms with Gasteiger partial charge in [-0.2, -0.15) is 5.26 Å². The fraction of sp³-hybridized carbons (Fsp3) is 0. The van der Waals surface area contributed by atoms with Crippen LogP contribution in [0, 0.1) is 17.1 Å². The van der Waals surface area contributed by atoms with Crippen molar-refractivity contribution in [2.24, 2.45) is 0 Å². The number of carbonyl (C=O) groups is 1. The summed E-state index contributed by atoms with van der Waals surface area (Å²) in [6, 6.07) is 10.2. The van der Waals surface area contributed by atoms with Gasteiger partial charge in [0, 0.05) is 17.4 Å². The van der Waals surface area contributed by atoms with Crippen LogP contribution in [-0.4, -0.2) is 10.9 Å². The van der Waals surface area contributed by atoms with Crippen LogP contribution in [0.3, 0.4) is 0 Å². The van der Waals surface area contributed by atoms with Gasteiger partial charge in [-0.1, -0.05) is 0 Å². The molecule has 0 aliphatic heterocycles. The van der Waals surface area contributed by atoms with Crippen LogP contribution >= 0.6 is 0 Å². The molecule has 0 spiro atoms. The zero-order valence-electron chi connectivity index (χ0n) is 9.22. The molecule has 1 aromatic carbocycles. The fourth-order valence-corrected chi connectivity index (χ4v) is 1.37. The zero-order chi connectivity index (χ0) is 13.0. The molecule has 0 unspecified atom stereocenters. The van der Waals surface area contributed by atoms with E-state index in [1.54, 1.807) is 0 Å². The smallest absolute Gasteiger partial charge is 0.255 e. The summed E-state index contributed by atoms with van der Waals surface area (Å²) in [7, 11) is 0. The van der Waals surface area contributed by atoms with Gasteiger partial charge >= 0.3 is 0 Å². The molecule has 88 valence electrons. The van der Waals surface area contributed by atoms with E-state index in [2.05, 4.69) is 10.3 Å². The van der Waals surface area contributed by atoms with E-state index in [1.807, 2.05) is 6.07 Å². The molecule has 0 radical (unpaired) electrons. The highest BCUT2D eigenvalue weighted by molar-refractivity contribution is 6.04. The number of rotatable bonds is 2. The van der Waals surface area contributed by atoms with E-state index in [4.69, 9.17) is 5.26 Å². The van der Waals surface area contributed by atoms with Crippen molar-refractivity contribution in [3.63, 3.8) is 0 Å². The van der Waals surface area contributed by atoms with E-state index < -0.39 is 0 Å². The third-order valence-electron chi connectivity index (χ3n) is 2.24. The highest BCUT2D eigenvalue weighted by Crippen LogP contribution is 2.10. The maximum atomic E-state index is 12.7. The Hall–Kier alpha value is -2.74. The van der Waals surface area contributed by atoms with E-state index in [9.17, 15) is 9.18 Å². The SMILES string of the molecule is N#Cc1cc(C(=O)Nc2ccc(F)cc2)ccn1. The van der Waals surface area contributed by atoms with Gasteiger partial charge in [-0.3, -0.25) is 4.79 Å². The van der Waals surface area contributed by atoms with Crippen LogP contribution in [-0.2, 0) is 0 Å². The minimum absolute atomic E-state index is 0.168. The number of amides is 1. The van der Waals surface area contributed by atoms with Gasteiger partial charge in [0.15, 0.2) is 0 Å². The summed E-state index contributed by atoms with van der Waals surface area (Å²) in [5.74, 6) is -0.746. The number of aromatic nitrogens is 1. The van der Waals surface area contributed by atoms with E-state index in [1.165, 1.54) is 42.6 Å². The van der Waals surface area contributed by atoms with Crippen LogP contribution in [0.15, 0.2) is 42.6 Å². The Kier molecular flexibility index (Phi) is 3.30. The first-order chi connectivity index (χ1) is 8.69. The van der Waals surface area contributed by atoms with Crippen molar-refractivity contribution in [3.8, 4) is 6.07 Å². The molecule has 0 fully saturated rings. The predicted molar refractivity (Wildman–Crippen MR) is 63.3 cm³/mol. The number of hydrogen-bond donors (Lipinski definition) is 1. The van der Waals surface area contributed by atoms with Gasteiger partial charge in [0.1, 0.15) is 17.6 Å². The van der Waals surface area contributed by atoms with E-state index in [0.29, 0.717) is 11.3 Å². The quantitative estimate of drug-likeness (QED) is 0.877. The first kappa shape index (κ1) is 11.7. The van der Waals surface area contributed by atoms with Gasteiger partial charge in [-0.25, -0.2) is 9.37 Å². The number of halogens is 1. The van der Waals surface area contributed by atoms with Crippen molar-refractivity contribution in [1.82, 2.24) is 4.98 Å². The average molecular weight is 241 g/mol. The van der Waals surface area contributed by atoms with Crippen LogP contribution in [0.25, 0.3) is 0 Å². The Bertz CT molecular complexity index is 617. The zero-order valence-corrected chi connectivity index (χ0v) is 9.22. The lowest BCUT2D eigenvalue weighted by Gasteiger charge is -2.04. The highest BCUT2D eigenvalue weighted by atomic mass is 19.1. The van der Waals surface area contributed by atoms with Crippen molar-refractivity contribution in [1.29, 1.82) is 5.26 Å². The van der Waals surface area contributed by atoms with Gasteiger partial charge in [0.2, 0.25) is 0 Å². The molecule has 1 amide bonds. The van der Waals surface area contributed by atoms with Crippen molar-refractivity contribution < 1.29 is 9.18 Å². The second kappa shape index (κ2) is 5.06. The van der Waals surface area contributed by atoms with Crippen molar-refractivity contribution in [3.05, 3.63) is 59.7 Å². The lowest BCUT2D eigenvalue weighted by atomic mass is 10.2. The second-order valence-electron chi connectivity index (χ2n) is 3.50. The van der Waals surface area contributed by atoms with Crippen LogP contribution in [0.5, 0.6) is 0 Å². The summed E-state index contributed by atoms with van der Waals surface area (Å²) in [4.78, 5) is 15.6. The Morgan fingerprint density at radius 1 is 1.28 bits per heavy atom. The first-order valence-corrected chi connectivity index (χ1v) is 5.12. The van der Waals surface area contributed by atoms with E-state index in [0.717, 1.165) is 0 Å². The molecule has 18 heavy (non-hydrogen) atoms. The maximum Gasteiger partial charge on any atom is 0.255 e. The summed E-state index contributed by atoms with van der Waals surface area (Å²) in [6.07, 6.45) is 1.39. The summed E-state index contributed by atoms with van der Waals surface area (Å²) in [5, 5.41) is 11.3. The molecule has 1 heterocycles. The first-order valence-electron chi connectivity index (χ1n) is 5.12. The fourth-order valence-electron chi connectivity index (χ4n) is 1.37. The molecule has 0 saturated carbocycles. The monoisotopic (exact) mass is 241 g/mol. The molecule has 4 nitrogen and oxygen atoms in total. The number of pyridine rings is 1. The maximum absolute atomic E-state index is 12.7. The van der Waals surface area contributed by atoms with Gasteiger partial charge in [-0.15, -0.1) is 0 Å². The van der Waals surface area contributed by atoms with Crippen LogP contribution in [0.2, 0.25) is 0 Å². The molecular formula is C13H8FN3O. The molecule has 1 aromatic heterocycles.